The molecule has 20 heavy (non-hydrogen) atoms. The Hall–Kier alpha value is -0.870. The highest BCUT2D eigenvalue weighted by molar-refractivity contribution is 7.09. The molecule has 1 aromatic carbocycles. The molecule has 4 heteroatoms. The first-order valence-electron chi connectivity index (χ1n) is 6.90. The van der Waals surface area contributed by atoms with E-state index in [2.05, 4.69) is 46.9 Å². The molecule has 0 aliphatic carbocycles. The zero-order chi connectivity index (χ0) is 14.2. The summed E-state index contributed by atoms with van der Waals surface area (Å²) in [7, 11) is 2.15. The van der Waals surface area contributed by atoms with Crippen LogP contribution in [0.2, 0.25) is 5.02 Å². The molecule has 0 aliphatic heterocycles. The summed E-state index contributed by atoms with van der Waals surface area (Å²) in [5, 5.41) is 6.43. The monoisotopic (exact) mass is 308 g/mol. The maximum atomic E-state index is 5.89. The molecule has 0 fully saturated rings. The van der Waals surface area contributed by atoms with Crippen LogP contribution in [0.4, 0.5) is 0 Å². The Morgan fingerprint density at radius 2 is 1.95 bits per heavy atom. The number of nitrogens with one attached hydrogen (secondary N) is 1. The van der Waals surface area contributed by atoms with Crippen molar-refractivity contribution in [2.24, 2.45) is 0 Å². The molecule has 1 heterocycles. The second-order valence-corrected chi connectivity index (χ2v) is 6.41. The summed E-state index contributed by atoms with van der Waals surface area (Å²) in [5.41, 5.74) is 1.30. The van der Waals surface area contributed by atoms with Gasteiger partial charge >= 0.3 is 0 Å². The molecule has 0 saturated heterocycles. The van der Waals surface area contributed by atoms with Crippen molar-refractivity contribution in [2.45, 2.75) is 13.0 Å². The van der Waals surface area contributed by atoms with Gasteiger partial charge in [0.25, 0.3) is 0 Å². The molecule has 1 N–H and O–H groups in total. The second kappa shape index (κ2) is 8.42. The lowest BCUT2D eigenvalue weighted by Gasteiger charge is -2.17. The van der Waals surface area contributed by atoms with Gasteiger partial charge in [-0.25, -0.2) is 0 Å². The Morgan fingerprint density at radius 3 is 2.65 bits per heavy atom. The van der Waals surface area contributed by atoms with Gasteiger partial charge in [-0.3, -0.25) is 0 Å². The SMILES string of the molecule is CN(CCNCCc1cccs1)Cc1ccc(Cl)cc1. The highest BCUT2D eigenvalue weighted by Crippen LogP contribution is 2.10. The number of thiophene rings is 1. The van der Waals surface area contributed by atoms with Crippen LogP contribution < -0.4 is 5.32 Å². The smallest absolute Gasteiger partial charge is 0.0406 e. The molecule has 2 aromatic rings. The van der Waals surface area contributed by atoms with E-state index in [-0.39, 0.29) is 0 Å². The molecule has 0 radical (unpaired) electrons. The number of halogens is 1. The molecule has 0 spiro atoms. The van der Waals surface area contributed by atoms with Crippen LogP contribution in [0.5, 0.6) is 0 Å². The van der Waals surface area contributed by atoms with E-state index < -0.39 is 0 Å². The van der Waals surface area contributed by atoms with Crippen molar-refractivity contribution in [2.75, 3.05) is 26.7 Å². The topological polar surface area (TPSA) is 15.3 Å². The Labute approximate surface area is 130 Å². The molecule has 0 amide bonds. The van der Waals surface area contributed by atoms with Gasteiger partial charge in [-0.15, -0.1) is 11.3 Å². The summed E-state index contributed by atoms with van der Waals surface area (Å²) >= 11 is 7.72. The molecule has 0 saturated carbocycles. The van der Waals surface area contributed by atoms with Crippen molar-refractivity contribution in [1.29, 1.82) is 0 Å². The standard InChI is InChI=1S/C16H21ClN2S/c1-19(13-14-4-6-15(17)7-5-14)11-10-18-9-8-16-3-2-12-20-16/h2-7,12,18H,8-11,13H2,1H3. The summed E-state index contributed by atoms with van der Waals surface area (Å²) < 4.78 is 0. The minimum absolute atomic E-state index is 0.798. The molecule has 0 unspecified atom stereocenters. The number of hydrogen-bond donors (Lipinski definition) is 1. The maximum absolute atomic E-state index is 5.89. The van der Waals surface area contributed by atoms with Crippen molar-refractivity contribution in [3.05, 3.63) is 57.2 Å². The summed E-state index contributed by atoms with van der Waals surface area (Å²) in [6.07, 6.45) is 1.12. The predicted octanol–water partition coefficient (Wildman–Crippen LogP) is 3.67. The first-order valence-corrected chi connectivity index (χ1v) is 8.16. The first-order chi connectivity index (χ1) is 9.74. The van der Waals surface area contributed by atoms with Crippen molar-refractivity contribution in [3.8, 4) is 0 Å². The molecule has 2 nitrogen and oxygen atoms in total. The number of hydrogen-bond acceptors (Lipinski definition) is 3. The second-order valence-electron chi connectivity index (χ2n) is 4.94. The molecule has 1 aromatic heterocycles. The van der Waals surface area contributed by atoms with Crippen molar-refractivity contribution in [3.63, 3.8) is 0 Å². The summed E-state index contributed by atoms with van der Waals surface area (Å²) in [5.74, 6) is 0. The molecule has 0 atom stereocenters. The van der Waals surface area contributed by atoms with Gasteiger partial charge in [-0.2, -0.15) is 0 Å². The van der Waals surface area contributed by atoms with Crippen LogP contribution in [0.1, 0.15) is 10.4 Å². The zero-order valence-electron chi connectivity index (χ0n) is 11.8. The van der Waals surface area contributed by atoms with Gasteiger partial charge in [0.05, 0.1) is 0 Å². The molecular weight excluding hydrogens is 288 g/mol. The molecule has 108 valence electrons. The van der Waals surface area contributed by atoms with Crippen LogP contribution >= 0.6 is 22.9 Å². The van der Waals surface area contributed by atoms with Gasteiger partial charge in [-0.1, -0.05) is 29.8 Å². The highest BCUT2D eigenvalue weighted by atomic mass is 35.5. The normalized spacial score (nSPS) is 11.2. The van der Waals surface area contributed by atoms with E-state index in [1.807, 2.05) is 23.5 Å². The lowest BCUT2D eigenvalue weighted by molar-refractivity contribution is 0.325. The first kappa shape index (κ1) is 15.5. The Morgan fingerprint density at radius 1 is 1.15 bits per heavy atom. The van der Waals surface area contributed by atoms with Crippen molar-refractivity contribution < 1.29 is 0 Å². The fourth-order valence-electron chi connectivity index (χ4n) is 2.04. The predicted molar refractivity (Wildman–Crippen MR) is 88.7 cm³/mol. The minimum Gasteiger partial charge on any atom is -0.315 e. The lowest BCUT2D eigenvalue weighted by atomic mass is 10.2. The van der Waals surface area contributed by atoms with Gasteiger partial charge in [0, 0.05) is 36.1 Å². The quantitative estimate of drug-likeness (QED) is 0.749. The largest absolute Gasteiger partial charge is 0.315 e. The van der Waals surface area contributed by atoms with E-state index in [1.165, 1.54) is 10.4 Å². The van der Waals surface area contributed by atoms with E-state index in [9.17, 15) is 0 Å². The highest BCUT2D eigenvalue weighted by Gasteiger charge is 2.00. The Balaban J connectivity index is 1.58. The van der Waals surface area contributed by atoms with E-state index in [0.29, 0.717) is 0 Å². The van der Waals surface area contributed by atoms with Crippen LogP contribution in [0, 0.1) is 0 Å². The summed E-state index contributed by atoms with van der Waals surface area (Å²) in [6.45, 7) is 4.08. The number of nitrogens with zero attached hydrogens (tertiary/aromatic N) is 1. The van der Waals surface area contributed by atoms with Gasteiger partial charge in [-0.05, 0) is 42.6 Å². The number of rotatable bonds is 8. The molecule has 0 bridgehead atoms. The van der Waals surface area contributed by atoms with E-state index in [0.717, 1.165) is 37.6 Å². The van der Waals surface area contributed by atoms with Crippen LogP contribution in [0.3, 0.4) is 0 Å². The van der Waals surface area contributed by atoms with E-state index in [4.69, 9.17) is 11.6 Å². The summed E-state index contributed by atoms with van der Waals surface area (Å²) in [4.78, 5) is 3.77. The molecular formula is C16H21ClN2S. The van der Waals surface area contributed by atoms with E-state index >= 15 is 0 Å². The number of benzene rings is 1. The fourth-order valence-corrected chi connectivity index (χ4v) is 2.88. The van der Waals surface area contributed by atoms with Gasteiger partial charge in [0.15, 0.2) is 0 Å². The van der Waals surface area contributed by atoms with Crippen LogP contribution in [-0.2, 0) is 13.0 Å². The Kier molecular flexibility index (Phi) is 6.54. The molecule has 2 rings (SSSR count). The van der Waals surface area contributed by atoms with Gasteiger partial charge < -0.3 is 10.2 Å². The average Bonchev–Trinajstić information content (AvgIpc) is 2.94. The maximum Gasteiger partial charge on any atom is 0.0406 e. The van der Waals surface area contributed by atoms with Gasteiger partial charge in [0.1, 0.15) is 0 Å². The Bertz CT molecular complexity index is 482. The minimum atomic E-state index is 0.798. The van der Waals surface area contributed by atoms with Crippen molar-refractivity contribution >= 4 is 22.9 Å². The molecule has 0 aliphatic rings. The summed E-state index contributed by atoms with van der Waals surface area (Å²) in [6, 6.07) is 12.4. The fraction of sp³-hybridized carbons (Fsp3) is 0.375. The third-order valence-corrected chi connectivity index (χ3v) is 4.35. The lowest BCUT2D eigenvalue weighted by Crippen LogP contribution is -2.29. The average molecular weight is 309 g/mol. The van der Waals surface area contributed by atoms with Crippen LogP contribution in [0.25, 0.3) is 0 Å². The van der Waals surface area contributed by atoms with E-state index in [1.54, 1.807) is 0 Å². The zero-order valence-corrected chi connectivity index (χ0v) is 13.4. The van der Waals surface area contributed by atoms with Crippen molar-refractivity contribution in [1.82, 2.24) is 10.2 Å². The van der Waals surface area contributed by atoms with Crippen LogP contribution in [0.15, 0.2) is 41.8 Å². The number of likely N-dealkylation sites (N-methyl/N-ethyl adjacent to an activating group) is 1. The third-order valence-electron chi connectivity index (χ3n) is 3.16. The van der Waals surface area contributed by atoms with Gasteiger partial charge in [0.2, 0.25) is 0 Å². The third kappa shape index (κ3) is 5.63. The van der Waals surface area contributed by atoms with Crippen LogP contribution in [-0.4, -0.2) is 31.6 Å².